The van der Waals surface area contributed by atoms with Crippen LogP contribution in [0, 0.1) is 0 Å². The molecule has 2 unspecified atom stereocenters. The molecule has 0 heterocycles. The van der Waals surface area contributed by atoms with Crippen molar-refractivity contribution in [2.75, 3.05) is 0 Å². The fraction of sp³-hybridized carbons (Fsp3) is 0.190. The number of hydrogen-bond donors (Lipinski definition) is 0. The number of hydrogen-bond acceptors (Lipinski definition) is 0. The summed E-state index contributed by atoms with van der Waals surface area (Å²) >= 11 is -1.61. The molecule has 2 aromatic carbocycles. The van der Waals surface area contributed by atoms with E-state index in [1.165, 1.54) is 33.4 Å². The Labute approximate surface area is 162 Å². The van der Waals surface area contributed by atoms with E-state index in [1.54, 1.807) is 0 Å². The quantitative estimate of drug-likeness (QED) is 0.534. The minimum absolute atomic E-state index is 0. The molecule has 24 heavy (non-hydrogen) atoms. The van der Waals surface area contributed by atoms with Gasteiger partial charge in [0.25, 0.3) is 0 Å². The zero-order valence-corrected chi connectivity index (χ0v) is 17.1. The van der Waals surface area contributed by atoms with E-state index < -0.39 is 17.4 Å². The Morgan fingerprint density at radius 1 is 0.708 bits per heavy atom. The summed E-state index contributed by atoms with van der Waals surface area (Å²) in [6, 6.07) is 17.7. The van der Waals surface area contributed by atoms with Crippen molar-refractivity contribution in [2.24, 2.45) is 0 Å². The van der Waals surface area contributed by atoms with Crippen LogP contribution in [0.2, 0.25) is 0 Å². The van der Waals surface area contributed by atoms with E-state index in [4.69, 9.17) is 4.82 Å². The molecule has 2 aromatic rings. The fourth-order valence-electron chi connectivity index (χ4n) is 4.11. The van der Waals surface area contributed by atoms with Gasteiger partial charge in [0.1, 0.15) is 0 Å². The zero-order chi connectivity index (χ0) is 15.3. The van der Waals surface area contributed by atoms with Crippen LogP contribution in [0.15, 0.2) is 59.7 Å². The second-order valence-electron chi connectivity index (χ2n) is 6.48. The Kier molecular flexibility index (Phi) is 6.10. The molecule has 0 radical (unpaired) electrons. The van der Waals surface area contributed by atoms with Crippen LogP contribution in [0.25, 0.3) is 12.2 Å². The Morgan fingerprint density at radius 2 is 1.08 bits per heavy atom. The molecule has 0 spiro atoms. The first-order valence-corrected chi connectivity index (χ1v) is 10.8. The van der Waals surface area contributed by atoms with Crippen LogP contribution in [0.1, 0.15) is 44.5 Å². The Bertz CT molecular complexity index is 779. The first-order chi connectivity index (χ1) is 10.7. The molecule has 0 saturated carbocycles. The van der Waals surface area contributed by atoms with Gasteiger partial charge in [-0.05, 0) is 0 Å². The summed E-state index contributed by atoms with van der Waals surface area (Å²) in [5.74, 6) is 0. The summed E-state index contributed by atoms with van der Waals surface area (Å²) in [4.78, 5) is 4.79. The van der Waals surface area contributed by atoms with Crippen LogP contribution in [0.4, 0.5) is 0 Å². The van der Waals surface area contributed by atoms with E-state index in [9.17, 15) is 0 Å². The second-order valence-corrected chi connectivity index (χ2v) is 10.1. The summed E-state index contributed by atoms with van der Waals surface area (Å²) < 4.78 is 1.19. The summed E-state index contributed by atoms with van der Waals surface area (Å²) in [6.07, 6.45) is 4.75. The van der Waals surface area contributed by atoms with Gasteiger partial charge < -0.3 is 0 Å². The second kappa shape index (κ2) is 7.54. The van der Waals surface area contributed by atoms with Crippen molar-refractivity contribution in [1.82, 2.24) is 0 Å². The van der Waals surface area contributed by atoms with Crippen molar-refractivity contribution >= 4 is 41.8 Å². The molecule has 0 aliphatic heterocycles. The molecular formula is C21H22Cl2Ti. The van der Waals surface area contributed by atoms with Crippen molar-refractivity contribution in [3.05, 3.63) is 81.9 Å². The van der Waals surface area contributed by atoms with E-state index in [1.807, 2.05) is 0 Å². The van der Waals surface area contributed by atoms with Gasteiger partial charge in [0, 0.05) is 0 Å². The maximum atomic E-state index is 4.79. The molecule has 0 amide bonds. The van der Waals surface area contributed by atoms with Crippen molar-refractivity contribution in [2.45, 2.75) is 22.3 Å². The first-order valence-electron chi connectivity index (χ1n) is 7.90. The number of allylic oxidation sites excluding steroid dienone is 2. The Balaban J connectivity index is 0.00000104. The van der Waals surface area contributed by atoms with E-state index >= 15 is 0 Å². The normalized spacial score (nSPS) is 20.1. The van der Waals surface area contributed by atoms with Crippen LogP contribution in [0.5, 0.6) is 0 Å². The summed E-state index contributed by atoms with van der Waals surface area (Å²) in [6.45, 7) is 4.59. The molecule has 3 heteroatoms. The van der Waals surface area contributed by atoms with Gasteiger partial charge >= 0.3 is 139 Å². The van der Waals surface area contributed by atoms with Crippen molar-refractivity contribution in [3.63, 3.8) is 0 Å². The van der Waals surface area contributed by atoms with Gasteiger partial charge in [-0.1, -0.05) is 0 Å². The van der Waals surface area contributed by atoms with E-state index in [0.29, 0.717) is 8.45 Å². The third kappa shape index (κ3) is 3.02. The summed E-state index contributed by atoms with van der Waals surface area (Å²) in [5, 5.41) is 0. The molecule has 4 rings (SSSR count). The molecule has 124 valence electrons. The average Bonchev–Trinajstić information content (AvgIpc) is 3.01. The molecule has 0 N–H and O–H groups in total. The Morgan fingerprint density at radius 3 is 1.50 bits per heavy atom. The number of halogens is 2. The third-order valence-electron chi connectivity index (χ3n) is 5.03. The van der Waals surface area contributed by atoms with Gasteiger partial charge in [0.2, 0.25) is 0 Å². The molecule has 0 fully saturated rings. The van der Waals surface area contributed by atoms with E-state index in [0.717, 1.165) is 0 Å². The summed E-state index contributed by atoms with van der Waals surface area (Å²) in [7, 11) is 0. The molecule has 0 aromatic heterocycles. The zero-order valence-electron chi connectivity index (χ0n) is 14.0. The third-order valence-corrected chi connectivity index (χ3v) is 9.74. The van der Waals surface area contributed by atoms with E-state index in [2.05, 4.69) is 74.5 Å². The van der Waals surface area contributed by atoms with Gasteiger partial charge in [-0.2, -0.15) is 0 Å². The van der Waals surface area contributed by atoms with Crippen LogP contribution in [-0.4, -0.2) is 4.82 Å². The number of rotatable bonds is 2. The van der Waals surface area contributed by atoms with Crippen LogP contribution >= 0.6 is 24.8 Å². The number of benzene rings is 2. The van der Waals surface area contributed by atoms with Gasteiger partial charge in [-0.15, -0.1) is 24.8 Å². The Hall–Kier alpha value is -0.916. The molecule has 0 saturated heterocycles. The molecule has 0 bridgehead atoms. The van der Waals surface area contributed by atoms with Crippen molar-refractivity contribution < 1.29 is 17.4 Å². The summed E-state index contributed by atoms with van der Waals surface area (Å²) in [5.41, 5.74) is 8.88. The van der Waals surface area contributed by atoms with Gasteiger partial charge in [0.05, 0.1) is 0 Å². The van der Waals surface area contributed by atoms with Crippen molar-refractivity contribution in [3.8, 4) is 0 Å². The van der Waals surface area contributed by atoms with Crippen LogP contribution in [-0.2, 0) is 17.4 Å². The first kappa shape index (κ1) is 19.4. The monoisotopic (exact) mass is 392 g/mol. The average molecular weight is 393 g/mol. The molecular weight excluding hydrogens is 371 g/mol. The minimum atomic E-state index is -1.61. The predicted molar refractivity (Wildman–Crippen MR) is 107 cm³/mol. The van der Waals surface area contributed by atoms with E-state index in [-0.39, 0.29) is 24.8 Å². The van der Waals surface area contributed by atoms with Crippen LogP contribution in [0.3, 0.4) is 0 Å². The van der Waals surface area contributed by atoms with Crippen molar-refractivity contribution in [1.29, 1.82) is 0 Å². The van der Waals surface area contributed by atoms with Crippen LogP contribution < -0.4 is 0 Å². The van der Waals surface area contributed by atoms with Gasteiger partial charge in [-0.25, -0.2) is 0 Å². The molecule has 0 nitrogen and oxygen atoms in total. The predicted octanol–water partition coefficient (Wildman–Crippen LogP) is 6.20. The number of fused-ring (bicyclic) bond motifs is 2. The fourth-order valence-corrected chi connectivity index (χ4v) is 8.79. The van der Waals surface area contributed by atoms with Gasteiger partial charge in [-0.3, -0.25) is 0 Å². The standard InChI is InChI=1S/2C10H9.CH2.2ClH.Ti/c2*1-8-6-9-4-2-3-5-10(9)7-8;;;;/h2*2-7H,1H3;1H2;2*1H;. The SMILES string of the molecule is Cl.Cl.[CH2]=[Ti]([CH]1C(C)=Cc2ccccc21)[CH]1C(C)=Cc2ccccc21. The van der Waals surface area contributed by atoms with Gasteiger partial charge in [0.15, 0.2) is 0 Å². The topological polar surface area (TPSA) is 0 Å². The molecule has 2 atom stereocenters. The molecule has 2 aliphatic rings. The maximum absolute atomic E-state index is 4.79. The molecule has 2 aliphatic carbocycles.